The minimum atomic E-state index is -0.967. The highest BCUT2D eigenvalue weighted by Gasteiger charge is 2.52. The van der Waals surface area contributed by atoms with Gasteiger partial charge in [0.1, 0.15) is 23.1 Å². The van der Waals surface area contributed by atoms with Gasteiger partial charge in [0.25, 0.3) is 0 Å². The van der Waals surface area contributed by atoms with E-state index in [4.69, 9.17) is 11.6 Å². The molecule has 4 nitrogen and oxygen atoms in total. The van der Waals surface area contributed by atoms with Crippen LogP contribution in [0.4, 0.5) is 0 Å². The van der Waals surface area contributed by atoms with Crippen LogP contribution in [0.1, 0.15) is 64.9 Å². The molecule has 3 rings (SSSR count). The maximum absolute atomic E-state index is 13.0. The first kappa shape index (κ1) is 20.9. The number of benzene rings is 1. The Labute approximate surface area is 171 Å². The zero-order valence-corrected chi connectivity index (χ0v) is 17.6. The summed E-state index contributed by atoms with van der Waals surface area (Å²) < 4.78 is 0. The number of rotatable bonds is 3. The van der Waals surface area contributed by atoms with Crippen molar-refractivity contribution < 1.29 is 19.2 Å². The lowest BCUT2D eigenvalue weighted by Crippen LogP contribution is -2.48. The third kappa shape index (κ3) is 4.12. The predicted molar refractivity (Wildman–Crippen MR) is 107 cm³/mol. The zero-order chi connectivity index (χ0) is 20.9. The van der Waals surface area contributed by atoms with E-state index in [2.05, 4.69) is 0 Å². The Morgan fingerprint density at radius 1 is 0.786 bits per heavy atom. The molecule has 2 fully saturated rings. The Balaban J connectivity index is 2.09. The van der Waals surface area contributed by atoms with Gasteiger partial charge in [-0.15, -0.1) is 0 Å². The fourth-order valence-electron chi connectivity index (χ4n) is 4.90. The van der Waals surface area contributed by atoms with Gasteiger partial charge in [-0.3, -0.25) is 19.2 Å². The first-order valence-electron chi connectivity index (χ1n) is 9.77. The molecule has 0 saturated heterocycles. The number of halogens is 1. The van der Waals surface area contributed by atoms with Gasteiger partial charge in [-0.1, -0.05) is 51.4 Å². The molecule has 0 atom stereocenters. The van der Waals surface area contributed by atoms with E-state index < -0.39 is 28.6 Å². The second-order valence-corrected chi connectivity index (χ2v) is 10.4. The summed E-state index contributed by atoms with van der Waals surface area (Å²) in [6, 6.07) is 6.86. The molecule has 0 spiro atoms. The maximum atomic E-state index is 13.0. The molecule has 0 N–H and O–H groups in total. The Hall–Kier alpha value is -1.81. The van der Waals surface area contributed by atoms with Crippen LogP contribution < -0.4 is 0 Å². The van der Waals surface area contributed by atoms with E-state index in [-0.39, 0.29) is 48.8 Å². The van der Waals surface area contributed by atoms with Crippen molar-refractivity contribution in [3.8, 4) is 0 Å². The summed E-state index contributed by atoms with van der Waals surface area (Å²) in [6.45, 7) is 7.58. The number of hydrogen-bond acceptors (Lipinski definition) is 4. The van der Waals surface area contributed by atoms with E-state index >= 15 is 0 Å². The lowest BCUT2D eigenvalue weighted by molar-refractivity contribution is -0.145. The number of hydrogen-bond donors (Lipinski definition) is 0. The number of carbonyl (C=O) groups excluding carboxylic acids is 4. The van der Waals surface area contributed by atoms with E-state index in [1.165, 1.54) is 0 Å². The molecule has 0 radical (unpaired) electrons. The van der Waals surface area contributed by atoms with Crippen LogP contribution in [0.3, 0.4) is 0 Å². The molecule has 0 aromatic heterocycles. The average Bonchev–Trinajstić information content (AvgIpc) is 2.49. The van der Waals surface area contributed by atoms with E-state index in [1.807, 2.05) is 27.7 Å². The second kappa shape index (κ2) is 7.22. The second-order valence-electron chi connectivity index (χ2n) is 9.94. The van der Waals surface area contributed by atoms with Crippen LogP contribution in [-0.2, 0) is 19.2 Å². The number of carbonyl (C=O) groups is 4. The van der Waals surface area contributed by atoms with Gasteiger partial charge in [0.15, 0.2) is 0 Å². The standard InChI is InChI=1S/C23H27ClO4/c1-22(2)9-15(25)20(16(26)10-22)19(13-6-5-7-14(24)8-13)21-17(27)11-23(3,4)12-18(21)28/h5-8,19-21H,9-12H2,1-4H3. The van der Waals surface area contributed by atoms with Crippen LogP contribution in [-0.4, -0.2) is 23.1 Å². The molecule has 0 heterocycles. The van der Waals surface area contributed by atoms with Gasteiger partial charge in [-0.2, -0.15) is 0 Å². The number of Topliss-reactive ketones (excluding diaryl/α,β-unsaturated/α-hetero) is 4. The van der Waals surface area contributed by atoms with Crippen LogP contribution in [0.5, 0.6) is 0 Å². The Morgan fingerprint density at radius 2 is 1.18 bits per heavy atom. The molecular formula is C23H27ClO4. The van der Waals surface area contributed by atoms with Gasteiger partial charge in [0, 0.05) is 36.6 Å². The highest BCUT2D eigenvalue weighted by Crippen LogP contribution is 2.47. The van der Waals surface area contributed by atoms with E-state index in [1.54, 1.807) is 24.3 Å². The highest BCUT2D eigenvalue weighted by atomic mass is 35.5. The van der Waals surface area contributed by atoms with E-state index in [0.29, 0.717) is 10.6 Å². The lowest BCUT2D eigenvalue weighted by Gasteiger charge is -2.41. The molecule has 0 bridgehead atoms. The Bertz CT molecular complexity index is 764. The summed E-state index contributed by atoms with van der Waals surface area (Å²) in [5.74, 6) is -3.44. The molecule has 28 heavy (non-hydrogen) atoms. The van der Waals surface area contributed by atoms with Gasteiger partial charge in [0.2, 0.25) is 0 Å². The van der Waals surface area contributed by atoms with Gasteiger partial charge >= 0.3 is 0 Å². The van der Waals surface area contributed by atoms with Crippen molar-refractivity contribution in [1.29, 1.82) is 0 Å². The summed E-state index contributed by atoms with van der Waals surface area (Å²) in [7, 11) is 0. The van der Waals surface area contributed by atoms with Crippen LogP contribution in [0.2, 0.25) is 5.02 Å². The molecule has 2 saturated carbocycles. The normalized spacial score (nSPS) is 23.5. The van der Waals surface area contributed by atoms with Crippen molar-refractivity contribution in [3.05, 3.63) is 34.9 Å². The summed E-state index contributed by atoms with van der Waals surface area (Å²) in [5.41, 5.74) is -0.177. The quantitative estimate of drug-likeness (QED) is 0.694. The molecule has 2 aliphatic rings. The smallest absolute Gasteiger partial charge is 0.144 e. The van der Waals surface area contributed by atoms with Gasteiger partial charge in [0.05, 0.1) is 11.8 Å². The van der Waals surface area contributed by atoms with E-state index in [0.717, 1.165) is 0 Å². The molecule has 0 aliphatic heterocycles. The first-order chi connectivity index (χ1) is 12.9. The molecule has 5 heteroatoms. The maximum Gasteiger partial charge on any atom is 0.144 e. The van der Waals surface area contributed by atoms with Gasteiger partial charge < -0.3 is 0 Å². The lowest BCUT2D eigenvalue weighted by atomic mass is 9.59. The average molecular weight is 403 g/mol. The van der Waals surface area contributed by atoms with E-state index in [9.17, 15) is 19.2 Å². The van der Waals surface area contributed by atoms with Gasteiger partial charge in [-0.05, 0) is 28.5 Å². The van der Waals surface area contributed by atoms with Gasteiger partial charge in [-0.25, -0.2) is 0 Å². The Morgan fingerprint density at radius 3 is 1.54 bits per heavy atom. The molecule has 1 aromatic rings. The Kier molecular flexibility index (Phi) is 5.39. The van der Waals surface area contributed by atoms with Crippen LogP contribution in [0.15, 0.2) is 24.3 Å². The van der Waals surface area contributed by atoms with Crippen LogP contribution in [0.25, 0.3) is 0 Å². The predicted octanol–water partition coefficient (Wildman–Crippen LogP) is 4.57. The minimum absolute atomic E-state index is 0.184. The third-order valence-corrected chi connectivity index (χ3v) is 6.19. The zero-order valence-electron chi connectivity index (χ0n) is 16.9. The van der Waals surface area contributed by atoms with Crippen molar-refractivity contribution in [3.63, 3.8) is 0 Å². The van der Waals surface area contributed by atoms with Crippen molar-refractivity contribution in [2.24, 2.45) is 22.7 Å². The molecular weight excluding hydrogens is 376 g/mol. The monoisotopic (exact) mass is 402 g/mol. The topological polar surface area (TPSA) is 68.3 Å². The molecule has 0 unspecified atom stereocenters. The largest absolute Gasteiger partial charge is 0.299 e. The highest BCUT2D eigenvalue weighted by molar-refractivity contribution is 6.30. The number of ketones is 4. The first-order valence-corrected chi connectivity index (χ1v) is 10.1. The summed E-state index contributed by atoms with van der Waals surface area (Å²) >= 11 is 6.16. The fraction of sp³-hybridized carbons (Fsp3) is 0.565. The third-order valence-electron chi connectivity index (χ3n) is 5.95. The molecule has 2 aliphatic carbocycles. The fourth-order valence-corrected chi connectivity index (χ4v) is 5.10. The summed E-state index contributed by atoms with van der Waals surface area (Å²) in [4.78, 5) is 52.1. The van der Waals surface area contributed by atoms with Crippen molar-refractivity contribution in [2.75, 3.05) is 0 Å². The van der Waals surface area contributed by atoms with Crippen LogP contribution >= 0.6 is 11.6 Å². The van der Waals surface area contributed by atoms with Crippen molar-refractivity contribution in [1.82, 2.24) is 0 Å². The van der Waals surface area contributed by atoms with Crippen molar-refractivity contribution >= 4 is 34.7 Å². The summed E-state index contributed by atoms with van der Waals surface area (Å²) in [6.07, 6.45) is 1.06. The van der Waals surface area contributed by atoms with Crippen molar-refractivity contribution in [2.45, 2.75) is 59.3 Å². The van der Waals surface area contributed by atoms with Crippen LogP contribution in [0, 0.1) is 22.7 Å². The molecule has 1 aromatic carbocycles. The molecule has 150 valence electrons. The SMILES string of the molecule is CC1(C)CC(=O)C(C(c2cccc(Cl)c2)C2C(=O)CC(C)(C)CC2=O)C(=O)C1. The minimum Gasteiger partial charge on any atom is -0.299 e. The molecule has 0 amide bonds. The summed E-state index contributed by atoms with van der Waals surface area (Å²) in [5, 5.41) is 0.453.